The number of non-ortho nitro benzene ring substituents is 1. The summed E-state index contributed by atoms with van der Waals surface area (Å²) in [6.07, 6.45) is 0. The smallest absolute Gasteiger partial charge is 0.273 e. The molecule has 0 amide bonds. The summed E-state index contributed by atoms with van der Waals surface area (Å²) in [5.41, 5.74) is -0.0956. The zero-order chi connectivity index (χ0) is 13.1. The van der Waals surface area contributed by atoms with Gasteiger partial charge in [0.1, 0.15) is 0 Å². The third-order valence-electron chi connectivity index (χ3n) is 1.99. The van der Waals surface area contributed by atoms with Gasteiger partial charge in [0.05, 0.1) is 29.8 Å². The number of nitro groups is 1. The summed E-state index contributed by atoms with van der Waals surface area (Å²) in [5.74, 6) is 0.625. The Kier molecular flexibility index (Phi) is 3.58. The first-order valence-corrected chi connectivity index (χ1v) is 5.71. The monoisotopic (exact) mass is 287 g/mol. The number of ether oxygens (including phenoxy) is 2. The predicted molar refractivity (Wildman–Crippen MR) is 64.6 cm³/mol. The molecule has 0 bridgehead atoms. The lowest BCUT2D eigenvalue weighted by atomic mass is 10.3. The molecule has 18 heavy (non-hydrogen) atoms. The zero-order valence-corrected chi connectivity index (χ0v) is 10.6. The number of nitro benzene ring substituents is 1. The van der Waals surface area contributed by atoms with Crippen LogP contribution in [0.3, 0.4) is 0 Å². The SMILES string of the molecule is COc1cc([N+](=O)[O-])ccc1Oc1nsnc1Cl. The van der Waals surface area contributed by atoms with Crippen LogP contribution in [0.15, 0.2) is 18.2 Å². The molecule has 0 aliphatic heterocycles. The maximum absolute atomic E-state index is 10.6. The maximum Gasteiger partial charge on any atom is 0.273 e. The van der Waals surface area contributed by atoms with E-state index in [-0.39, 0.29) is 28.2 Å². The molecule has 94 valence electrons. The second kappa shape index (κ2) is 5.15. The van der Waals surface area contributed by atoms with Crippen molar-refractivity contribution in [1.82, 2.24) is 8.75 Å². The molecular weight excluding hydrogens is 282 g/mol. The summed E-state index contributed by atoms with van der Waals surface area (Å²) in [5, 5.41) is 10.7. The van der Waals surface area contributed by atoms with Crippen molar-refractivity contribution in [3.63, 3.8) is 0 Å². The molecule has 0 aliphatic carbocycles. The summed E-state index contributed by atoms with van der Waals surface area (Å²) in [6.45, 7) is 0. The molecule has 0 saturated heterocycles. The Morgan fingerprint density at radius 1 is 1.39 bits per heavy atom. The standard InChI is InChI=1S/C9H6ClN3O4S/c1-16-7-4-5(13(14)15)2-3-6(7)17-9-8(10)11-18-12-9/h2-4H,1H3. The molecule has 0 atom stereocenters. The molecule has 7 nitrogen and oxygen atoms in total. The second-order valence-corrected chi connectivity index (χ2v) is 3.94. The molecule has 2 aromatic rings. The van der Waals surface area contributed by atoms with Gasteiger partial charge in [-0.1, -0.05) is 11.6 Å². The van der Waals surface area contributed by atoms with Crippen molar-refractivity contribution in [3.8, 4) is 17.4 Å². The molecular formula is C9H6ClN3O4S. The number of methoxy groups -OCH3 is 1. The van der Waals surface area contributed by atoms with Gasteiger partial charge in [-0.3, -0.25) is 10.1 Å². The van der Waals surface area contributed by atoms with E-state index in [2.05, 4.69) is 8.75 Å². The average molecular weight is 288 g/mol. The van der Waals surface area contributed by atoms with Gasteiger partial charge in [0.25, 0.3) is 11.6 Å². The van der Waals surface area contributed by atoms with Crippen LogP contribution in [0.2, 0.25) is 5.15 Å². The van der Waals surface area contributed by atoms with E-state index in [1.807, 2.05) is 0 Å². The van der Waals surface area contributed by atoms with Crippen LogP contribution in [-0.2, 0) is 0 Å². The van der Waals surface area contributed by atoms with Gasteiger partial charge in [-0.15, -0.1) is 4.37 Å². The number of halogens is 1. The number of hydrogen-bond acceptors (Lipinski definition) is 7. The highest BCUT2D eigenvalue weighted by molar-refractivity contribution is 6.99. The van der Waals surface area contributed by atoms with Crippen LogP contribution in [0.5, 0.6) is 17.4 Å². The molecule has 0 radical (unpaired) electrons. The van der Waals surface area contributed by atoms with E-state index in [0.29, 0.717) is 0 Å². The van der Waals surface area contributed by atoms with Crippen LogP contribution < -0.4 is 9.47 Å². The summed E-state index contributed by atoms with van der Waals surface area (Å²) in [7, 11) is 1.38. The molecule has 0 unspecified atom stereocenters. The first kappa shape index (κ1) is 12.5. The lowest BCUT2D eigenvalue weighted by Gasteiger charge is -2.07. The topological polar surface area (TPSA) is 87.4 Å². The fourth-order valence-corrected chi connectivity index (χ4v) is 1.80. The number of aromatic nitrogens is 2. The summed E-state index contributed by atoms with van der Waals surface area (Å²) in [4.78, 5) is 10.1. The van der Waals surface area contributed by atoms with Gasteiger partial charge in [0, 0.05) is 6.07 Å². The molecule has 0 N–H and O–H groups in total. The summed E-state index contributed by atoms with van der Waals surface area (Å²) in [6, 6.07) is 3.96. The van der Waals surface area contributed by atoms with E-state index in [9.17, 15) is 10.1 Å². The van der Waals surface area contributed by atoms with Gasteiger partial charge in [-0.05, 0) is 6.07 Å². The number of rotatable bonds is 4. The normalized spacial score (nSPS) is 10.1. The van der Waals surface area contributed by atoms with Crippen molar-refractivity contribution in [2.24, 2.45) is 0 Å². The average Bonchev–Trinajstić information content (AvgIpc) is 2.75. The minimum Gasteiger partial charge on any atom is -0.493 e. The van der Waals surface area contributed by atoms with Gasteiger partial charge in [0.2, 0.25) is 5.15 Å². The third-order valence-corrected chi connectivity index (χ3v) is 2.84. The second-order valence-electron chi connectivity index (χ2n) is 3.05. The Labute approximate surface area is 110 Å². The predicted octanol–water partition coefficient (Wildman–Crippen LogP) is 2.90. The molecule has 1 heterocycles. The number of nitrogens with zero attached hydrogens (tertiary/aromatic N) is 3. The first-order chi connectivity index (χ1) is 8.61. The fraction of sp³-hybridized carbons (Fsp3) is 0.111. The van der Waals surface area contributed by atoms with Crippen molar-refractivity contribution in [2.75, 3.05) is 7.11 Å². The molecule has 0 saturated carbocycles. The van der Waals surface area contributed by atoms with Crippen molar-refractivity contribution in [2.45, 2.75) is 0 Å². The highest BCUT2D eigenvalue weighted by Crippen LogP contribution is 2.35. The number of hydrogen-bond donors (Lipinski definition) is 0. The van der Waals surface area contributed by atoms with Crippen molar-refractivity contribution in [1.29, 1.82) is 0 Å². The Morgan fingerprint density at radius 2 is 2.17 bits per heavy atom. The quantitative estimate of drug-likeness (QED) is 0.634. The Balaban J connectivity index is 2.33. The van der Waals surface area contributed by atoms with Gasteiger partial charge in [-0.25, -0.2) is 0 Å². The zero-order valence-electron chi connectivity index (χ0n) is 8.99. The van der Waals surface area contributed by atoms with Crippen LogP contribution in [0.25, 0.3) is 0 Å². The van der Waals surface area contributed by atoms with Gasteiger partial charge >= 0.3 is 0 Å². The van der Waals surface area contributed by atoms with Crippen LogP contribution in [0, 0.1) is 10.1 Å². The highest BCUT2D eigenvalue weighted by atomic mass is 35.5. The van der Waals surface area contributed by atoms with Crippen LogP contribution in [-0.4, -0.2) is 20.8 Å². The van der Waals surface area contributed by atoms with Crippen LogP contribution in [0.1, 0.15) is 0 Å². The molecule has 0 aliphatic rings. The maximum atomic E-state index is 10.6. The van der Waals surface area contributed by atoms with Crippen molar-refractivity contribution < 1.29 is 14.4 Å². The van der Waals surface area contributed by atoms with Crippen molar-refractivity contribution in [3.05, 3.63) is 33.5 Å². The van der Waals surface area contributed by atoms with Crippen LogP contribution in [0.4, 0.5) is 5.69 Å². The van der Waals surface area contributed by atoms with E-state index in [1.165, 1.54) is 25.3 Å². The Bertz CT molecular complexity index is 589. The van der Waals surface area contributed by atoms with Gasteiger partial charge in [0.15, 0.2) is 11.5 Å². The minimum atomic E-state index is -0.524. The summed E-state index contributed by atoms with van der Waals surface area (Å²) >= 11 is 6.63. The lowest BCUT2D eigenvalue weighted by molar-refractivity contribution is -0.384. The lowest BCUT2D eigenvalue weighted by Crippen LogP contribution is -1.93. The largest absolute Gasteiger partial charge is 0.493 e. The van der Waals surface area contributed by atoms with E-state index >= 15 is 0 Å². The molecule has 2 rings (SSSR count). The van der Waals surface area contributed by atoms with Crippen molar-refractivity contribution >= 4 is 29.0 Å². The van der Waals surface area contributed by atoms with E-state index in [0.717, 1.165) is 11.7 Å². The van der Waals surface area contributed by atoms with Crippen LogP contribution >= 0.6 is 23.3 Å². The molecule has 0 spiro atoms. The highest BCUT2D eigenvalue weighted by Gasteiger charge is 2.15. The van der Waals surface area contributed by atoms with E-state index in [1.54, 1.807) is 0 Å². The minimum absolute atomic E-state index is 0.0956. The fourth-order valence-electron chi connectivity index (χ4n) is 1.19. The first-order valence-electron chi connectivity index (χ1n) is 4.60. The van der Waals surface area contributed by atoms with Gasteiger partial charge < -0.3 is 9.47 Å². The van der Waals surface area contributed by atoms with Gasteiger partial charge in [-0.2, -0.15) is 4.37 Å². The third kappa shape index (κ3) is 2.49. The summed E-state index contributed by atoms with van der Waals surface area (Å²) < 4.78 is 17.9. The molecule has 0 fully saturated rings. The molecule has 1 aromatic heterocycles. The van der Waals surface area contributed by atoms with E-state index < -0.39 is 4.92 Å². The Hall–Kier alpha value is -1.93. The molecule has 9 heteroatoms. The molecule has 1 aromatic carbocycles. The number of benzene rings is 1. The Morgan fingerprint density at radius 3 is 2.72 bits per heavy atom. The van der Waals surface area contributed by atoms with E-state index in [4.69, 9.17) is 21.1 Å².